The molecule has 3 rings (SSSR count). The van der Waals surface area contributed by atoms with Crippen molar-refractivity contribution in [2.75, 3.05) is 18.9 Å². The predicted molar refractivity (Wildman–Crippen MR) is 147 cm³/mol. The minimum absolute atomic E-state index is 0.227. The first-order valence-corrected chi connectivity index (χ1v) is 12.6. The molecule has 0 radical (unpaired) electrons. The molecule has 0 saturated carbocycles. The van der Waals surface area contributed by atoms with Crippen molar-refractivity contribution in [1.29, 1.82) is 0 Å². The van der Waals surface area contributed by atoms with E-state index in [1.807, 2.05) is 30.3 Å². The predicted octanol–water partition coefficient (Wildman–Crippen LogP) is 5.98. The van der Waals surface area contributed by atoms with Gasteiger partial charge in [0.1, 0.15) is 11.5 Å². The second-order valence-corrected chi connectivity index (χ2v) is 9.65. The highest BCUT2D eigenvalue weighted by molar-refractivity contribution is 6.31. The fourth-order valence-electron chi connectivity index (χ4n) is 3.55. The summed E-state index contributed by atoms with van der Waals surface area (Å²) in [6.45, 7) is 6.03. The van der Waals surface area contributed by atoms with E-state index in [0.717, 1.165) is 29.5 Å². The van der Waals surface area contributed by atoms with Crippen LogP contribution in [0.3, 0.4) is 0 Å². The summed E-state index contributed by atoms with van der Waals surface area (Å²) in [7, 11) is 0. The van der Waals surface area contributed by atoms with Gasteiger partial charge in [-0.25, -0.2) is 4.79 Å². The van der Waals surface area contributed by atoms with Crippen molar-refractivity contribution in [1.82, 2.24) is 5.32 Å². The quantitative estimate of drug-likeness (QED) is 0.198. The van der Waals surface area contributed by atoms with Crippen molar-refractivity contribution in [3.05, 3.63) is 76.8 Å². The van der Waals surface area contributed by atoms with Gasteiger partial charge in [-0.15, -0.1) is 0 Å². The summed E-state index contributed by atoms with van der Waals surface area (Å²) in [4.78, 5) is 24.1. The molecule has 3 aromatic rings. The summed E-state index contributed by atoms with van der Waals surface area (Å²) in [5.74, 6) is -0.449. The molecule has 4 N–H and O–H groups in total. The number of carboxylic acid groups (broad SMARTS) is 1. The molecule has 0 spiro atoms. The topological polar surface area (TPSA) is 111 Å². The zero-order chi connectivity index (χ0) is 27.0. The van der Waals surface area contributed by atoms with Gasteiger partial charge in [0.05, 0.1) is 17.9 Å². The van der Waals surface area contributed by atoms with Crippen LogP contribution in [0.2, 0.25) is 5.02 Å². The smallest absolute Gasteiger partial charge is 0.347 e. The number of carbonyl (C=O) groups excluding carboxylic acids is 1. The van der Waals surface area contributed by atoms with Crippen molar-refractivity contribution in [2.45, 2.75) is 45.6 Å². The average Bonchev–Trinajstić information content (AvgIpc) is 2.86. The van der Waals surface area contributed by atoms with Crippen LogP contribution >= 0.6 is 11.6 Å². The second kappa shape index (κ2) is 12.5. The van der Waals surface area contributed by atoms with Crippen molar-refractivity contribution in [2.24, 2.45) is 0 Å². The van der Waals surface area contributed by atoms with E-state index in [1.54, 1.807) is 30.3 Å². The molecular formula is C29H33ClN2O5. The highest BCUT2D eigenvalue weighted by Crippen LogP contribution is 2.31. The fourth-order valence-corrected chi connectivity index (χ4v) is 3.72. The van der Waals surface area contributed by atoms with Gasteiger partial charge in [-0.05, 0) is 73.7 Å². The number of aliphatic carboxylic acids is 1. The van der Waals surface area contributed by atoms with E-state index in [-0.39, 0.29) is 5.91 Å². The number of amides is 1. The zero-order valence-corrected chi connectivity index (χ0v) is 22.1. The van der Waals surface area contributed by atoms with E-state index in [4.69, 9.17) is 26.8 Å². The van der Waals surface area contributed by atoms with Crippen LogP contribution in [0.4, 0.5) is 5.69 Å². The average molecular weight is 525 g/mol. The van der Waals surface area contributed by atoms with E-state index in [1.165, 1.54) is 13.8 Å². The Hall–Kier alpha value is -3.71. The molecule has 0 aromatic heterocycles. The molecule has 0 fully saturated rings. The Kier molecular flexibility index (Phi) is 9.42. The van der Waals surface area contributed by atoms with Gasteiger partial charge in [0.2, 0.25) is 0 Å². The fraction of sp³-hybridized carbons (Fsp3) is 0.310. The van der Waals surface area contributed by atoms with Crippen LogP contribution in [0.5, 0.6) is 11.5 Å². The van der Waals surface area contributed by atoms with E-state index in [0.29, 0.717) is 47.3 Å². The minimum atomic E-state index is -1.39. The monoisotopic (exact) mass is 524 g/mol. The van der Waals surface area contributed by atoms with Crippen LogP contribution in [-0.4, -0.2) is 35.7 Å². The molecule has 1 amide bonds. The number of carbonyl (C=O) groups is 2. The molecule has 196 valence electrons. The second-order valence-electron chi connectivity index (χ2n) is 9.22. The Labute approximate surface area is 222 Å². The number of hydrogen-bond donors (Lipinski definition) is 3. The van der Waals surface area contributed by atoms with Gasteiger partial charge in [-0.2, -0.15) is 0 Å². The summed E-state index contributed by atoms with van der Waals surface area (Å²) in [5, 5.41) is 12.7. The van der Waals surface area contributed by atoms with Crippen LogP contribution < -0.4 is 20.5 Å². The number of rotatable bonds is 12. The number of nitrogens with two attached hydrogens (primary N) is 1. The molecule has 7 nitrogen and oxygen atoms in total. The van der Waals surface area contributed by atoms with Gasteiger partial charge in [0.25, 0.3) is 5.91 Å². The molecule has 37 heavy (non-hydrogen) atoms. The van der Waals surface area contributed by atoms with E-state index in [9.17, 15) is 14.7 Å². The molecule has 0 bridgehead atoms. The van der Waals surface area contributed by atoms with Gasteiger partial charge in [0, 0.05) is 11.6 Å². The van der Waals surface area contributed by atoms with E-state index < -0.39 is 11.6 Å². The molecule has 0 unspecified atom stereocenters. The van der Waals surface area contributed by atoms with Crippen molar-refractivity contribution in [3.63, 3.8) is 0 Å². The minimum Gasteiger partial charge on any atom is -0.493 e. The summed E-state index contributed by atoms with van der Waals surface area (Å²) in [6, 6.07) is 18.3. The Bertz CT molecular complexity index is 1240. The van der Waals surface area contributed by atoms with E-state index >= 15 is 0 Å². The number of nitrogens with one attached hydrogen (secondary N) is 1. The number of anilines is 1. The van der Waals surface area contributed by atoms with Gasteiger partial charge in [0.15, 0.2) is 5.60 Å². The van der Waals surface area contributed by atoms with Gasteiger partial charge >= 0.3 is 5.97 Å². The highest BCUT2D eigenvalue weighted by Gasteiger charge is 2.30. The number of halogens is 1. The number of unbranched alkanes of at least 4 members (excludes halogenated alkanes) is 1. The Morgan fingerprint density at radius 1 is 1.00 bits per heavy atom. The first-order chi connectivity index (χ1) is 17.6. The third kappa shape index (κ3) is 7.64. The third-order valence-corrected chi connectivity index (χ3v) is 6.05. The maximum atomic E-state index is 12.8. The van der Waals surface area contributed by atoms with Gasteiger partial charge < -0.3 is 25.6 Å². The number of nitrogen functional groups attached to an aromatic ring is 1. The molecule has 0 aliphatic heterocycles. The Morgan fingerprint density at radius 3 is 2.32 bits per heavy atom. The number of ether oxygens (including phenoxy) is 2. The first-order valence-electron chi connectivity index (χ1n) is 12.2. The van der Waals surface area contributed by atoms with Crippen molar-refractivity contribution < 1.29 is 24.2 Å². The molecule has 0 atom stereocenters. The van der Waals surface area contributed by atoms with Crippen molar-refractivity contribution in [3.8, 4) is 22.6 Å². The largest absolute Gasteiger partial charge is 0.493 e. The summed E-state index contributed by atoms with van der Waals surface area (Å²) < 4.78 is 11.3. The molecule has 0 aliphatic rings. The van der Waals surface area contributed by atoms with Crippen molar-refractivity contribution >= 4 is 29.2 Å². The lowest BCUT2D eigenvalue weighted by atomic mass is 10.0. The van der Waals surface area contributed by atoms with Crippen LogP contribution in [-0.2, 0) is 11.2 Å². The van der Waals surface area contributed by atoms with Crippen LogP contribution in [0.25, 0.3) is 11.1 Å². The normalized spacial score (nSPS) is 11.1. The van der Waals surface area contributed by atoms with Crippen LogP contribution in [0.1, 0.15) is 49.5 Å². The Morgan fingerprint density at radius 2 is 1.68 bits per heavy atom. The molecule has 0 saturated heterocycles. The summed E-state index contributed by atoms with van der Waals surface area (Å²) in [6.07, 6.45) is 2.57. The summed E-state index contributed by atoms with van der Waals surface area (Å²) >= 11 is 6.10. The third-order valence-electron chi connectivity index (χ3n) is 5.82. The molecule has 8 heteroatoms. The van der Waals surface area contributed by atoms with Crippen LogP contribution in [0.15, 0.2) is 60.7 Å². The SMILES string of the molecule is CCCCOc1ccc(Cl)cc1C(=O)NCCc1ccc(-c2ccc(OC(C)(C)C(=O)O)c(N)c2)cc1. The zero-order valence-electron chi connectivity index (χ0n) is 21.3. The molecule has 0 aliphatic carbocycles. The number of carboxylic acids is 1. The lowest BCUT2D eigenvalue weighted by Crippen LogP contribution is -2.38. The highest BCUT2D eigenvalue weighted by atomic mass is 35.5. The van der Waals surface area contributed by atoms with Crippen LogP contribution in [0, 0.1) is 0 Å². The summed E-state index contributed by atoms with van der Waals surface area (Å²) in [5.41, 5.74) is 8.42. The molecule has 3 aromatic carbocycles. The maximum Gasteiger partial charge on any atom is 0.347 e. The maximum absolute atomic E-state index is 12.8. The van der Waals surface area contributed by atoms with Gasteiger partial charge in [-0.3, -0.25) is 4.79 Å². The Balaban J connectivity index is 1.59. The number of hydrogen-bond acceptors (Lipinski definition) is 5. The molecule has 0 heterocycles. The first kappa shape index (κ1) is 27.9. The van der Waals surface area contributed by atoms with E-state index in [2.05, 4.69) is 12.2 Å². The number of benzene rings is 3. The molecular weight excluding hydrogens is 492 g/mol. The van der Waals surface area contributed by atoms with Gasteiger partial charge in [-0.1, -0.05) is 55.3 Å². The lowest BCUT2D eigenvalue weighted by molar-refractivity contribution is -0.152. The standard InChI is InChI=1S/C29H33ClN2O5/c1-4-5-16-36-25-13-11-22(30)18-23(25)27(33)32-15-14-19-6-8-20(9-7-19)21-10-12-26(24(31)17-21)37-29(2,3)28(34)35/h6-13,17-18H,4-5,14-16,31H2,1-3H3,(H,32,33)(H,34,35). The lowest BCUT2D eigenvalue weighted by Gasteiger charge is -2.22.